The van der Waals surface area contributed by atoms with Crippen LogP contribution in [0, 0.1) is 0 Å². The van der Waals surface area contributed by atoms with Crippen LogP contribution in [0.2, 0.25) is 0 Å². The molecule has 1 rings (SSSR count). The first-order valence-corrected chi connectivity index (χ1v) is 5.27. The van der Waals surface area contributed by atoms with Gasteiger partial charge in [0, 0.05) is 6.61 Å². The highest BCUT2D eigenvalue weighted by Crippen LogP contribution is 2.27. The van der Waals surface area contributed by atoms with E-state index in [-0.39, 0.29) is 11.6 Å². The maximum Gasteiger partial charge on any atom is 0.0833 e. The third-order valence-electron chi connectivity index (χ3n) is 2.51. The van der Waals surface area contributed by atoms with E-state index in [1.54, 1.807) is 0 Å². The van der Waals surface area contributed by atoms with Gasteiger partial charge >= 0.3 is 0 Å². The summed E-state index contributed by atoms with van der Waals surface area (Å²) in [6.45, 7) is 6.74. The summed E-state index contributed by atoms with van der Waals surface area (Å²) in [6.07, 6.45) is 0. The second kappa shape index (κ2) is 5.26. The van der Waals surface area contributed by atoms with Crippen LogP contribution in [0.1, 0.15) is 32.4 Å². The lowest BCUT2D eigenvalue weighted by Gasteiger charge is -2.33. The van der Waals surface area contributed by atoms with E-state index >= 15 is 0 Å². The minimum absolute atomic E-state index is 0.00125. The maximum atomic E-state index is 5.69. The van der Waals surface area contributed by atoms with Crippen molar-refractivity contribution in [3.8, 4) is 0 Å². The SMILES string of the molecule is CCOC(C)(C)C(NN)c1ccccc1. The molecule has 3 heteroatoms. The van der Waals surface area contributed by atoms with Crippen molar-refractivity contribution in [2.75, 3.05) is 6.61 Å². The molecular formula is C12H20N2O. The minimum atomic E-state index is -0.315. The van der Waals surface area contributed by atoms with Gasteiger partial charge in [-0.1, -0.05) is 30.3 Å². The molecule has 1 aromatic carbocycles. The molecule has 3 N–H and O–H groups in total. The maximum absolute atomic E-state index is 5.69. The Kier molecular flexibility index (Phi) is 4.27. The topological polar surface area (TPSA) is 47.3 Å². The van der Waals surface area contributed by atoms with E-state index in [1.807, 2.05) is 51.1 Å². The number of hydrogen-bond donors (Lipinski definition) is 2. The van der Waals surface area contributed by atoms with E-state index < -0.39 is 0 Å². The average Bonchev–Trinajstić information content (AvgIpc) is 2.19. The molecule has 1 atom stereocenters. The largest absolute Gasteiger partial charge is 0.374 e. The fourth-order valence-corrected chi connectivity index (χ4v) is 1.80. The van der Waals surface area contributed by atoms with Crippen molar-refractivity contribution < 1.29 is 4.74 Å². The summed E-state index contributed by atoms with van der Waals surface area (Å²) in [6, 6.07) is 10.1. The molecule has 0 fully saturated rings. The van der Waals surface area contributed by atoms with Crippen molar-refractivity contribution in [2.45, 2.75) is 32.4 Å². The van der Waals surface area contributed by atoms with Crippen molar-refractivity contribution in [2.24, 2.45) is 5.84 Å². The van der Waals surface area contributed by atoms with Crippen LogP contribution in [-0.4, -0.2) is 12.2 Å². The zero-order valence-electron chi connectivity index (χ0n) is 9.66. The van der Waals surface area contributed by atoms with E-state index in [9.17, 15) is 0 Å². The van der Waals surface area contributed by atoms with Crippen molar-refractivity contribution in [1.82, 2.24) is 5.43 Å². The van der Waals surface area contributed by atoms with Crippen LogP contribution in [0.4, 0.5) is 0 Å². The van der Waals surface area contributed by atoms with Gasteiger partial charge in [-0.15, -0.1) is 0 Å². The lowest BCUT2D eigenvalue weighted by molar-refractivity contribution is -0.0392. The van der Waals surface area contributed by atoms with Gasteiger partial charge in [0.25, 0.3) is 0 Å². The zero-order chi connectivity index (χ0) is 11.3. The Morgan fingerprint density at radius 3 is 2.40 bits per heavy atom. The van der Waals surface area contributed by atoms with E-state index in [0.717, 1.165) is 5.56 Å². The monoisotopic (exact) mass is 208 g/mol. The number of nitrogens with one attached hydrogen (secondary N) is 1. The second-order valence-electron chi connectivity index (χ2n) is 4.05. The summed E-state index contributed by atoms with van der Waals surface area (Å²) in [4.78, 5) is 0. The van der Waals surface area contributed by atoms with Crippen LogP contribution < -0.4 is 11.3 Å². The van der Waals surface area contributed by atoms with E-state index in [2.05, 4.69) is 5.43 Å². The summed E-state index contributed by atoms with van der Waals surface area (Å²) in [7, 11) is 0. The summed E-state index contributed by atoms with van der Waals surface area (Å²) in [5.41, 5.74) is 3.64. The molecule has 0 spiro atoms. The van der Waals surface area contributed by atoms with Crippen LogP contribution in [0.25, 0.3) is 0 Å². The van der Waals surface area contributed by atoms with Gasteiger partial charge in [-0.25, -0.2) is 0 Å². The highest BCUT2D eigenvalue weighted by Gasteiger charge is 2.30. The van der Waals surface area contributed by atoms with E-state index in [4.69, 9.17) is 10.6 Å². The molecule has 1 unspecified atom stereocenters. The van der Waals surface area contributed by atoms with Crippen LogP contribution >= 0.6 is 0 Å². The lowest BCUT2D eigenvalue weighted by atomic mass is 9.92. The molecule has 3 nitrogen and oxygen atoms in total. The quantitative estimate of drug-likeness (QED) is 0.575. The number of rotatable bonds is 5. The lowest BCUT2D eigenvalue weighted by Crippen LogP contribution is -2.44. The van der Waals surface area contributed by atoms with E-state index in [0.29, 0.717) is 6.61 Å². The number of hydrogen-bond acceptors (Lipinski definition) is 3. The minimum Gasteiger partial charge on any atom is -0.374 e. The third-order valence-corrected chi connectivity index (χ3v) is 2.51. The first-order valence-electron chi connectivity index (χ1n) is 5.27. The predicted octanol–water partition coefficient (Wildman–Crippen LogP) is 2.01. The molecule has 0 amide bonds. The highest BCUT2D eigenvalue weighted by atomic mass is 16.5. The van der Waals surface area contributed by atoms with Gasteiger partial charge in [-0.3, -0.25) is 11.3 Å². The van der Waals surface area contributed by atoms with Crippen molar-refractivity contribution in [1.29, 1.82) is 0 Å². The van der Waals surface area contributed by atoms with Gasteiger partial charge in [0.05, 0.1) is 11.6 Å². The van der Waals surface area contributed by atoms with Crippen LogP contribution in [0.3, 0.4) is 0 Å². The van der Waals surface area contributed by atoms with Gasteiger partial charge in [0.2, 0.25) is 0 Å². The summed E-state index contributed by atoms with van der Waals surface area (Å²) in [5.74, 6) is 5.59. The smallest absolute Gasteiger partial charge is 0.0833 e. The van der Waals surface area contributed by atoms with Crippen molar-refractivity contribution >= 4 is 0 Å². The van der Waals surface area contributed by atoms with Crippen LogP contribution in [0.5, 0.6) is 0 Å². The Balaban J connectivity index is 2.89. The molecule has 0 aliphatic heterocycles. The summed E-state index contributed by atoms with van der Waals surface area (Å²) in [5, 5.41) is 0. The standard InChI is InChI=1S/C12H20N2O/c1-4-15-12(2,3)11(14-13)10-8-6-5-7-9-10/h5-9,11,14H,4,13H2,1-3H3. The number of benzene rings is 1. The average molecular weight is 208 g/mol. The van der Waals surface area contributed by atoms with Gasteiger partial charge < -0.3 is 4.74 Å². The zero-order valence-corrected chi connectivity index (χ0v) is 9.66. The predicted molar refractivity (Wildman–Crippen MR) is 62.2 cm³/mol. The first-order chi connectivity index (χ1) is 7.11. The molecule has 0 saturated carbocycles. The van der Waals surface area contributed by atoms with Crippen LogP contribution in [0.15, 0.2) is 30.3 Å². The number of ether oxygens (including phenoxy) is 1. The first kappa shape index (κ1) is 12.2. The molecule has 15 heavy (non-hydrogen) atoms. The Hall–Kier alpha value is -0.900. The Morgan fingerprint density at radius 1 is 1.33 bits per heavy atom. The molecule has 1 aromatic rings. The van der Waals surface area contributed by atoms with Crippen molar-refractivity contribution in [3.05, 3.63) is 35.9 Å². The fourth-order valence-electron chi connectivity index (χ4n) is 1.80. The molecule has 0 aliphatic rings. The molecule has 0 heterocycles. The molecular weight excluding hydrogens is 188 g/mol. The molecule has 0 aliphatic carbocycles. The highest BCUT2D eigenvalue weighted by molar-refractivity contribution is 5.21. The molecule has 0 aromatic heterocycles. The Morgan fingerprint density at radius 2 is 1.93 bits per heavy atom. The molecule has 0 bridgehead atoms. The Bertz CT molecular complexity index is 285. The number of hydrazine groups is 1. The molecule has 84 valence electrons. The van der Waals surface area contributed by atoms with Gasteiger partial charge in [0.15, 0.2) is 0 Å². The van der Waals surface area contributed by atoms with Crippen molar-refractivity contribution in [3.63, 3.8) is 0 Å². The summed E-state index contributed by atoms with van der Waals surface area (Å²) < 4.78 is 5.69. The van der Waals surface area contributed by atoms with Crippen LogP contribution in [-0.2, 0) is 4.74 Å². The normalized spacial score (nSPS) is 13.9. The second-order valence-corrected chi connectivity index (χ2v) is 4.05. The van der Waals surface area contributed by atoms with Gasteiger partial charge in [0.1, 0.15) is 0 Å². The van der Waals surface area contributed by atoms with Gasteiger partial charge in [-0.05, 0) is 26.3 Å². The third kappa shape index (κ3) is 3.02. The van der Waals surface area contributed by atoms with E-state index in [1.165, 1.54) is 0 Å². The molecule has 0 saturated heterocycles. The summed E-state index contributed by atoms with van der Waals surface area (Å²) >= 11 is 0. The Labute approximate surface area is 91.6 Å². The molecule has 0 radical (unpaired) electrons. The fraction of sp³-hybridized carbons (Fsp3) is 0.500. The number of nitrogens with two attached hydrogens (primary N) is 1. The van der Waals surface area contributed by atoms with Gasteiger partial charge in [-0.2, -0.15) is 0 Å².